The van der Waals surface area contributed by atoms with E-state index in [0.29, 0.717) is 10.6 Å². The van der Waals surface area contributed by atoms with Gasteiger partial charge in [0.1, 0.15) is 10.9 Å². The van der Waals surface area contributed by atoms with Crippen molar-refractivity contribution in [3.8, 4) is 0 Å². The predicted octanol–water partition coefficient (Wildman–Crippen LogP) is 1.02. The lowest BCUT2D eigenvalue weighted by atomic mass is 10.3. The van der Waals surface area contributed by atoms with Crippen LogP contribution in [0.25, 0.3) is 0 Å². The average Bonchev–Trinajstić information content (AvgIpc) is 2.52. The van der Waals surface area contributed by atoms with E-state index in [2.05, 4.69) is 5.32 Å². The Labute approximate surface area is 83.7 Å². The lowest BCUT2D eigenvalue weighted by Gasteiger charge is -2.00. The number of carbonyl (C=O) groups is 2. The third kappa shape index (κ3) is 2.43. The van der Waals surface area contributed by atoms with Gasteiger partial charge in [-0.05, 0) is 11.4 Å². The molecule has 1 aromatic rings. The van der Waals surface area contributed by atoms with Gasteiger partial charge in [-0.25, -0.2) is 0 Å². The summed E-state index contributed by atoms with van der Waals surface area (Å²) in [5.74, 6) is -1.06. The monoisotopic (exact) mass is 218 g/mol. The number of thiophene rings is 1. The zero-order valence-corrected chi connectivity index (χ0v) is 8.11. The Morgan fingerprint density at radius 2 is 2.31 bits per heavy atom. The van der Waals surface area contributed by atoms with Crippen LogP contribution < -0.4 is 11.1 Å². The fourth-order valence-electron chi connectivity index (χ4n) is 0.760. The molecular weight excluding hydrogens is 212 g/mol. The van der Waals surface area contributed by atoms with Gasteiger partial charge in [0, 0.05) is 0 Å². The highest BCUT2D eigenvalue weighted by Gasteiger charge is 2.11. The van der Waals surface area contributed by atoms with Gasteiger partial charge in [-0.1, -0.05) is 0 Å². The van der Waals surface area contributed by atoms with E-state index >= 15 is 0 Å². The second-order valence-corrected chi connectivity index (χ2v) is 3.39. The molecular formula is C7H7ClN2O2S. The van der Waals surface area contributed by atoms with Gasteiger partial charge in [-0.2, -0.15) is 0 Å². The summed E-state index contributed by atoms with van der Waals surface area (Å²) in [4.78, 5) is 21.7. The van der Waals surface area contributed by atoms with Crippen LogP contribution in [-0.4, -0.2) is 17.7 Å². The van der Waals surface area contributed by atoms with Crippen molar-refractivity contribution in [1.29, 1.82) is 0 Å². The van der Waals surface area contributed by atoms with E-state index in [1.807, 2.05) is 0 Å². The molecule has 13 heavy (non-hydrogen) atoms. The normalized spacial score (nSPS) is 9.62. The van der Waals surface area contributed by atoms with Crippen LogP contribution in [0.15, 0.2) is 11.4 Å². The lowest BCUT2D eigenvalue weighted by Crippen LogP contribution is -2.16. The highest BCUT2D eigenvalue weighted by atomic mass is 35.5. The molecule has 0 spiro atoms. The highest BCUT2D eigenvalue weighted by Crippen LogP contribution is 2.22. The second-order valence-electron chi connectivity index (χ2n) is 2.21. The minimum Gasteiger partial charge on any atom is -0.366 e. The van der Waals surface area contributed by atoms with E-state index in [1.165, 1.54) is 11.3 Å². The molecule has 0 bridgehead atoms. The molecule has 1 aromatic heterocycles. The van der Waals surface area contributed by atoms with Crippen LogP contribution in [0, 0.1) is 0 Å². The molecule has 2 amide bonds. The molecule has 70 valence electrons. The molecule has 0 saturated heterocycles. The minimum atomic E-state index is -0.564. The fourth-order valence-corrected chi connectivity index (χ4v) is 1.64. The number of anilines is 1. The maximum absolute atomic E-state index is 10.9. The van der Waals surface area contributed by atoms with Crippen molar-refractivity contribution < 1.29 is 9.59 Å². The Kier molecular flexibility index (Phi) is 3.27. The summed E-state index contributed by atoms with van der Waals surface area (Å²) < 4.78 is 0. The molecule has 0 aliphatic rings. The second kappa shape index (κ2) is 4.25. The Balaban J connectivity index is 2.82. The smallest absolute Gasteiger partial charge is 0.251 e. The third-order valence-corrected chi connectivity index (χ3v) is 2.38. The Bertz CT molecular complexity index is 337. The Morgan fingerprint density at radius 3 is 2.85 bits per heavy atom. The summed E-state index contributed by atoms with van der Waals surface area (Å²) in [6.45, 7) is 0. The van der Waals surface area contributed by atoms with E-state index < -0.39 is 5.91 Å². The van der Waals surface area contributed by atoms with Crippen molar-refractivity contribution >= 4 is 39.8 Å². The van der Waals surface area contributed by atoms with E-state index in [9.17, 15) is 9.59 Å². The number of primary amides is 1. The quantitative estimate of drug-likeness (QED) is 0.744. The maximum atomic E-state index is 10.9. The molecule has 0 saturated carbocycles. The number of carbonyl (C=O) groups excluding carboxylic acids is 2. The number of hydrogen-bond donors (Lipinski definition) is 2. The van der Waals surface area contributed by atoms with Crippen LogP contribution in [0.5, 0.6) is 0 Å². The first-order valence-electron chi connectivity index (χ1n) is 3.38. The molecule has 1 rings (SSSR count). The first-order valence-corrected chi connectivity index (χ1v) is 4.79. The predicted molar refractivity (Wildman–Crippen MR) is 52.2 cm³/mol. The van der Waals surface area contributed by atoms with Gasteiger partial charge in [-0.3, -0.25) is 9.59 Å². The molecule has 6 heteroatoms. The molecule has 0 fully saturated rings. The van der Waals surface area contributed by atoms with Gasteiger partial charge in [0.05, 0.1) is 5.56 Å². The van der Waals surface area contributed by atoms with E-state index in [0.717, 1.165) is 0 Å². The lowest BCUT2D eigenvalue weighted by molar-refractivity contribution is -0.113. The molecule has 0 aliphatic heterocycles. The van der Waals surface area contributed by atoms with Gasteiger partial charge in [0.2, 0.25) is 5.91 Å². The van der Waals surface area contributed by atoms with Crippen LogP contribution in [-0.2, 0) is 4.79 Å². The van der Waals surface area contributed by atoms with Crippen molar-refractivity contribution in [2.75, 3.05) is 11.2 Å². The molecule has 4 nitrogen and oxygen atoms in total. The van der Waals surface area contributed by atoms with E-state index in [-0.39, 0.29) is 11.8 Å². The van der Waals surface area contributed by atoms with Crippen molar-refractivity contribution in [1.82, 2.24) is 0 Å². The molecule has 3 N–H and O–H groups in total. The zero-order valence-electron chi connectivity index (χ0n) is 6.54. The SMILES string of the molecule is NC(=O)c1ccsc1NC(=O)CCl. The van der Waals surface area contributed by atoms with Gasteiger partial charge in [0.25, 0.3) is 5.91 Å². The summed E-state index contributed by atoms with van der Waals surface area (Å²) in [5, 5.41) is 4.58. The summed E-state index contributed by atoms with van der Waals surface area (Å²) in [7, 11) is 0. The Morgan fingerprint density at radius 1 is 1.62 bits per heavy atom. The fraction of sp³-hybridized carbons (Fsp3) is 0.143. The van der Waals surface area contributed by atoms with Gasteiger partial charge < -0.3 is 11.1 Å². The molecule has 0 unspecified atom stereocenters. The Hall–Kier alpha value is -1.07. The molecule has 1 heterocycles. The number of halogens is 1. The summed E-state index contributed by atoms with van der Waals surface area (Å²) >= 11 is 6.51. The van der Waals surface area contributed by atoms with Gasteiger partial charge >= 0.3 is 0 Å². The number of hydrogen-bond acceptors (Lipinski definition) is 3. The number of amides is 2. The third-order valence-electron chi connectivity index (χ3n) is 1.31. The topological polar surface area (TPSA) is 72.2 Å². The highest BCUT2D eigenvalue weighted by molar-refractivity contribution is 7.14. The summed E-state index contributed by atoms with van der Waals surface area (Å²) in [5.41, 5.74) is 5.37. The zero-order chi connectivity index (χ0) is 9.84. The van der Waals surface area contributed by atoms with Crippen molar-refractivity contribution in [2.45, 2.75) is 0 Å². The average molecular weight is 219 g/mol. The molecule has 0 aliphatic carbocycles. The standard InChI is InChI=1S/C7H7ClN2O2S/c8-3-5(11)10-7-4(6(9)12)1-2-13-7/h1-2H,3H2,(H2,9,12)(H,10,11). The maximum Gasteiger partial charge on any atom is 0.251 e. The summed E-state index contributed by atoms with van der Waals surface area (Å²) in [6, 6.07) is 1.55. The number of rotatable bonds is 3. The van der Waals surface area contributed by atoms with Crippen LogP contribution in [0.4, 0.5) is 5.00 Å². The first-order chi connectivity index (χ1) is 6.15. The van der Waals surface area contributed by atoms with Gasteiger partial charge in [-0.15, -0.1) is 22.9 Å². The van der Waals surface area contributed by atoms with Crippen LogP contribution in [0.2, 0.25) is 0 Å². The van der Waals surface area contributed by atoms with E-state index in [4.69, 9.17) is 17.3 Å². The summed E-state index contributed by atoms with van der Waals surface area (Å²) in [6.07, 6.45) is 0. The van der Waals surface area contributed by atoms with E-state index in [1.54, 1.807) is 11.4 Å². The largest absolute Gasteiger partial charge is 0.366 e. The molecule has 0 radical (unpaired) electrons. The number of nitrogens with two attached hydrogens (primary N) is 1. The van der Waals surface area contributed by atoms with Crippen LogP contribution >= 0.6 is 22.9 Å². The van der Waals surface area contributed by atoms with Crippen molar-refractivity contribution in [3.63, 3.8) is 0 Å². The van der Waals surface area contributed by atoms with Crippen LogP contribution in [0.3, 0.4) is 0 Å². The van der Waals surface area contributed by atoms with Crippen molar-refractivity contribution in [3.05, 3.63) is 17.0 Å². The molecule has 0 aromatic carbocycles. The van der Waals surface area contributed by atoms with Gasteiger partial charge in [0.15, 0.2) is 0 Å². The number of alkyl halides is 1. The van der Waals surface area contributed by atoms with Crippen LogP contribution in [0.1, 0.15) is 10.4 Å². The molecule has 0 atom stereocenters. The van der Waals surface area contributed by atoms with Crippen molar-refractivity contribution in [2.24, 2.45) is 5.73 Å². The minimum absolute atomic E-state index is 0.143. The number of nitrogens with one attached hydrogen (secondary N) is 1. The first kappa shape index (κ1) is 10.0.